The van der Waals surface area contributed by atoms with Crippen LogP contribution >= 0.6 is 11.3 Å². The summed E-state index contributed by atoms with van der Waals surface area (Å²) in [5.74, 6) is -0.00502. The summed E-state index contributed by atoms with van der Waals surface area (Å²) in [6, 6.07) is 8.22. The number of aryl methyl sites for hydroxylation is 2. The van der Waals surface area contributed by atoms with Crippen molar-refractivity contribution < 1.29 is 4.79 Å². The van der Waals surface area contributed by atoms with Crippen molar-refractivity contribution in [1.29, 1.82) is 0 Å². The molecule has 0 unspecified atom stereocenters. The molecule has 0 saturated carbocycles. The maximum Gasteiger partial charge on any atom is 0.251 e. The SMILES string of the molecule is Cc1ccc(C(=O)NC[C@H](c2ccsc2)N(C)C)c(C)c1. The van der Waals surface area contributed by atoms with Gasteiger partial charge in [-0.2, -0.15) is 11.3 Å². The van der Waals surface area contributed by atoms with Gasteiger partial charge in [0.2, 0.25) is 0 Å². The number of benzene rings is 1. The van der Waals surface area contributed by atoms with Crippen LogP contribution in [0.1, 0.15) is 33.1 Å². The van der Waals surface area contributed by atoms with E-state index in [0.29, 0.717) is 6.54 Å². The van der Waals surface area contributed by atoms with Crippen LogP contribution < -0.4 is 5.32 Å². The molecule has 21 heavy (non-hydrogen) atoms. The van der Waals surface area contributed by atoms with E-state index in [9.17, 15) is 4.79 Å². The lowest BCUT2D eigenvalue weighted by Gasteiger charge is -2.24. The van der Waals surface area contributed by atoms with Gasteiger partial charge < -0.3 is 10.2 Å². The number of carbonyl (C=O) groups excluding carboxylic acids is 1. The summed E-state index contributed by atoms with van der Waals surface area (Å²) in [4.78, 5) is 14.5. The maximum atomic E-state index is 12.3. The van der Waals surface area contributed by atoms with Crippen LogP contribution in [0.5, 0.6) is 0 Å². The van der Waals surface area contributed by atoms with Crippen molar-refractivity contribution in [2.45, 2.75) is 19.9 Å². The lowest BCUT2D eigenvalue weighted by molar-refractivity contribution is 0.0941. The number of nitrogens with zero attached hydrogens (tertiary/aromatic N) is 1. The monoisotopic (exact) mass is 302 g/mol. The van der Waals surface area contributed by atoms with Gasteiger partial charge in [0.25, 0.3) is 5.91 Å². The zero-order valence-electron chi connectivity index (χ0n) is 13.0. The number of amides is 1. The van der Waals surface area contributed by atoms with Gasteiger partial charge in [0.15, 0.2) is 0 Å². The highest BCUT2D eigenvalue weighted by molar-refractivity contribution is 7.07. The van der Waals surface area contributed by atoms with Crippen molar-refractivity contribution in [3.05, 3.63) is 57.3 Å². The van der Waals surface area contributed by atoms with Gasteiger partial charge in [-0.15, -0.1) is 0 Å². The fourth-order valence-corrected chi connectivity index (χ4v) is 3.12. The van der Waals surface area contributed by atoms with Crippen molar-refractivity contribution in [2.24, 2.45) is 0 Å². The summed E-state index contributed by atoms with van der Waals surface area (Å²) in [6.45, 7) is 4.62. The molecule has 2 aromatic rings. The Bertz CT molecular complexity index is 605. The second kappa shape index (κ2) is 6.87. The van der Waals surface area contributed by atoms with Gasteiger partial charge in [0.1, 0.15) is 0 Å². The Morgan fingerprint density at radius 1 is 1.29 bits per heavy atom. The summed E-state index contributed by atoms with van der Waals surface area (Å²) in [7, 11) is 4.07. The van der Waals surface area contributed by atoms with E-state index in [2.05, 4.69) is 27.0 Å². The number of rotatable bonds is 5. The van der Waals surface area contributed by atoms with Crippen molar-refractivity contribution in [3.63, 3.8) is 0 Å². The summed E-state index contributed by atoms with van der Waals surface area (Å²) in [6.07, 6.45) is 0. The Morgan fingerprint density at radius 3 is 2.62 bits per heavy atom. The number of hydrogen-bond acceptors (Lipinski definition) is 3. The lowest BCUT2D eigenvalue weighted by Crippen LogP contribution is -2.34. The first kappa shape index (κ1) is 15.7. The smallest absolute Gasteiger partial charge is 0.251 e. The summed E-state index contributed by atoms with van der Waals surface area (Å²) < 4.78 is 0. The van der Waals surface area contributed by atoms with Crippen LogP contribution in [0, 0.1) is 13.8 Å². The molecule has 0 bridgehead atoms. The molecule has 0 aliphatic rings. The van der Waals surface area contributed by atoms with E-state index in [1.165, 1.54) is 11.1 Å². The highest BCUT2D eigenvalue weighted by Gasteiger charge is 2.16. The first-order valence-corrected chi connectivity index (χ1v) is 7.97. The molecule has 0 fully saturated rings. The molecule has 2 rings (SSSR count). The number of likely N-dealkylation sites (N-methyl/N-ethyl adjacent to an activating group) is 1. The summed E-state index contributed by atoms with van der Waals surface area (Å²) in [5, 5.41) is 7.25. The standard InChI is InChI=1S/C17H22N2OS/c1-12-5-6-15(13(2)9-12)17(20)18-10-16(19(3)4)14-7-8-21-11-14/h5-9,11,16H,10H2,1-4H3,(H,18,20)/t16-/m1/s1. The van der Waals surface area contributed by atoms with Crippen LogP contribution in [-0.4, -0.2) is 31.4 Å². The Morgan fingerprint density at radius 2 is 2.05 bits per heavy atom. The van der Waals surface area contributed by atoms with E-state index in [1.54, 1.807) is 11.3 Å². The topological polar surface area (TPSA) is 32.3 Å². The molecule has 1 atom stereocenters. The third kappa shape index (κ3) is 3.93. The lowest BCUT2D eigenvalue weighted by atomic mass is 10.0. The second-order valence-corrected chi connectivity index (χ2v) is 6.34. The maximum absolute atomic E-state index is 12.3. The quantitative estimate of drug-likeness (QED) is 0.918. The van der Waals surface area contributed by atoms with Crippen molar-refractivity contribution in [3.8, 4) is 0 Å². The number of carbonyl (C=O) groups is 1. The largest absolute Gasteiger partial charge is 0.350 e. The van der Waals surface area contributed by atoms with Crippen LogP contribution in [0.3, 0.4) is 0 Å². The van der Waals surface area contributed by atoms with Gasteiger partial charge >= 0.3 is 0 Å². The normalized spacial score (nSPS) is 12.4. The first-order chi connectivity index (χ1) is 9.99. The number of nitrogens with one attached hydrogen (secondary N) is 1. The minimum atomic E-state index is -0.00502. The molecule has 1 N–H and O–H groups in total. The van der Waals surface area contributed by atoms with Gasteiger partial charge in [-0.3, -0.25) is 4.79 Å². The Labute approximate surface area is 130 Å². The molecule has 0 aliphatic heterocycles. The van der Waals surface area contributed by atoms with Crippen LogP contribution in [0.4, 0.5) is 0 Å². The Balaban J connectivity index is 2.05. The molecule has 1 aromatic carbocycles. The molecule has 1 aromatic heterocycles. The molecule has 3 nitrogen and oxygen atoms in total. The van der Waals surface area contributed by atoms with Gasteiger partial charge in [-0.1, -0.05) is 17.7 Å². The Hall–Kier alpha value is -1.65. The van der Waals surface area contributed by atoms with Crippen LogP contribution in [-0.2, 0) is 0 Å². The third-order valence-corrected chi connectivity index (χ3v) is 4.34. The molecule has 0 spiro atoms. The minimum Gasteiger partial charge on any atom is -0.350 e. The van der Waals surface area contributed by atoms with Crippen LogP contribution in [0.25, 0.3) is 0 Å². The Kier molecular flexibility index (Phi) is 5.15. The van der Waals surface area contributed by atoms with Gasteiger partial charge in [-0.05, 0) is 62.0 Å². The summed E-state index contributed by atoms with van der Waals surface area (Å²) >= 11 is 1.68. The van der Waals surface area contributed by atoms with Crippen molar-refractivity contribution in [1.82, 2.24) is 10.2 Å². The van der Waals surface area contributed by atoms with Gasteiger partial charge in [0, 0.05) is 12.1 Å². The van der Waals surface area contributed by atoms with E-state index in [-0.39, 0.29) is 11.9 Å². The number of thiophene rings is 1. The fraction of sp³-hybridized carbons (Fsp3) is 0.353. The number of hydrogen-bond donors (Lipinski definition) is 1. The fourth-order valence-electron chi connectivity index (χ4n) is 2.42. The second-order valence-electron chi connectivity index (χ2n) is 5.56. The molecule has 4 heteroatoms. The first-order valence-electron chi connectivity index (χ1n) is 7.03. The predicted molar refractivity (Wildman–Crippen MR) is 89.0 cm³/mol. The molecule has 112 valence electrons. The summed E-state index contributed by atoms with van der Waals surface area (Å²) in [5.41, 5.74) is 4.19. The molecule has 0 aliphatic carbocycles. The van der Waals surface area contributed by atoms with Crippen LogP contribution in [0.15, 0.2) is 35.0 Å². The van der Waals surface area contributed by atoms with Crippen molar-refractivity contribution in [2.75, 3.05) is 20.6 Å². The van der Waals surface area contributed by atoms with Gasteiger partial charge in [0.05, 0.1) is 6.04 Å². The van der Waals surface area contributed by atoms with E-state index < -0.39 is 0 Å². The average molecular weight is 302 g/mol. The highest BCUT2D eigenvalue weighted by Crippen LogP contribution is 2.20. The minimum absolute atomic E-state index is 0.00502. The predicted octanol–water partition coefficient (Wildman–Crippen LogP) is 3.40. The highest BCUT2D eigenvalue weighted by atomic mass is 32.1. The van der Waals surface area contributed by atoms with Crippen molar-refractivity contribution >= 4 is 17.2 Å². The molecule has 0 saturated heterocycles. The van der Waals surface area contributed by atoms with E-state index in [0.717, 1.165) is 11.1 Å². The molecule has 1 amide bonds. The third-order valence-electron chi connectivity index (χ3n) is 3.63. The molecule has 1 heterocycles. The van der Waals surface area contributed by atoms with E-state index >= 15 is 0 Å². The zero-order chi connectivity index (χ0) is 15.4. The molecular weight excluding hydrogens is 280 g/mol. The zero-order valence-corrected chi connectivity index (χ0v) is 13.8. The van der Waals surface area contributed by atoms with E-state index in [4.69, 9.17) is 0 Å². The molecule has 0 radical (unpaired) electrons. The van der Waals surface area contributed by atoms with Gasteiger partial charge in [-0.25, -0.2) is 0 Å². The average Bonchev–Trinajstić information content (AvgIpc) is 2.92. The molecular formula is C17H22N2OS. The van der Waals surface area contributed by atoms with Crippen LogP contribution in [0.2, 0.25) is 0 Å². The van der Waals surface area contributed by atoms with E-state index in [1.807, 2.05) is 46.1 Å².